The Bertz CT molecular complexity index is 1350. The number of carbonyl (C=O) groups excluding carboxylic acids is 3. The first-order valence-electron chi connectivity index (χ1n) is 11.6. The molecule has 8 heteroatoms. The summed E-state index contributed by atoms with van der Waals surface area (Å²) in [5, 5.41) is 8.15. The van der Waals surface area contributed by atoms with Gasteiger partial charge in [-0.05, 0) is 37.6 Å². The predicted octanol–water partition coefficient (Wildman–Crippen LogP) is 3.36. The van der Waals surface area contributed by atoms with Gasteiger partial charge in [0, 0.05) is 24.6 Å². The molecule has 2 amide bonds. The van der Waals surface area contributed by atoms with E-state index in [1.165, 1.54) is 9.58 Å². The highest BCUT2D eigenvalue weighted by molar-refractivity contribution is 6.32. The summed E-state index contributed by atoms with van der Waals surface area (Å²) in [5.74, 6) is 1.30. The van der Waals surface area contributed by atoms with Crippen LogP contribution in [-0.2, 0) is 32.1 Å². The first kappa shape index (κ1) is 24.6. The van der Waals surface area contributed by atoms with Crippen molar-refractivity contribution in [2.45, 2.75) is 33.2 Å². The lowest BCUT2D eigenvalue weighted by molar-refractivity contribution is -0.144. The molecule has 1 atom stereocenters. The summed E-state index contributed by atoms with van der Waals surface area (Å²) in [4.78, 5) is 40.8. The van der Waals surface area contributed by atoms with Gasteiger partial charge in [0.15, 0.2) is 0 Å². The Kier molecular flexibility index (Phi) is 7.11. The quantitative estimate of drug-likeness (QED) is 0.212. The first-order chi connectivity index (χ1) is 17.4. The van der Waals surface area contributed by atoms with Crippen molar-refractivity contribution in [1.82, 2.24) is 15.0 Å². The number of imide groups is 1. The molecule has 0 bridgehead atoms. The number of hydrogen-bond acceptors (Lipinski definition) is 6. The Balaban J connectivity index is 1.79. The number of para-hydroxylation sites is 1. The van der Waals surface area contributed by atoms with Crippen LogP contribution in [0.15, 0.2) is 66.4 Å². The fourth-order valence-electron chi connectivity index (χ4n) is 4.31. The smallest absolute Gasteiger partial charge is 0.327 e. The summed E-state index contributed by atoms with van der Waals surface area (Å²) in [5.41, 5.74) is 1.69. The van der Waals surface area contributed by atoms with Crippen molar-refractivity contribution in [1.29, 1.82) is 0 Å². The molecule has 36 heavy (non-hydrogen) atoms. The minimum Gasteiger partial charge on any atom is -0.465 e. The van der Waals surface area contributed by atoms with Crippen LogP contribution in [0.3, 0.4) is 0 Å². The molecular weight excluding hydrogens is 456 g/mol. The first-order valence-corrected chi connectivity index (χ1v) is 11.6. The molecule has 2 aromatic carbocycles. The van der Waals surface area contributed by atoms with Gasteiger partial charge in [0.1, 0.15) is 6.54 Å². The largest absolute Gasteiger partial charge is 0.465 e. The number of amides is 2. The number of terminal acetylenes is 1. The summed E-state index contributed by atoms with van der Waals surface area (Å²) in [6.45, 7) is 3.83. The number of ether oxygens (including phenoxy) is 1. The van der Waals surface area contributed by atoms with Gasteiger partial charge in [-0.15, -0.1) is 17.4 Å². The zero-order valence-electron chi connectivity index (χ0n) is 20.2. The molecule has 3 aromatic rings. The molecule has 0 saturated carbocycles. The van der Waals surface area contributed by atoms with E-state index in [9.17, 15) is 14.4 Å². The van der Waals surface area contributed by atoms with Crippen LogP contribution in [0, 0.1) is 24.7 Å². The van der Waals surface area contributed by atoms with Gasteiger partial charge in [-0.2, -0.15) is 0 Å². The molecule has 1 aliphatic heterocycles. The molecule has 182 valence electrons. The van der Waals surface area contributed by atoms with E-state index < -0.39 is 23.2 Å². The lowest BCUT2D eigenvalue weighted by Gasteiger charge is -2.25. The van der Waals surface area contributed by atoms with Crippen molar-refractivity contribution in [3.63, 3.8) is 0 Å². The number of aryl methyl sites for hydroxylation is 1. The summed E-state index contributed by atoms with van der Waals surface area (Å²) >= 11 is 0. The van der Waals surface area contributed by atoms with E-state index >= 15 is 0 Å². The topological polar surface area (TPSA) is 94.4 Å². The van der Waals surface area contributed by atoms with Crippen LogP contribution >= 0.6 is 0 Å². The molecule has 0 N–H and O–H groups in total. The molecule has 1 aliphatic rings. The minimum absolute atomic E-state index is 0.0106. The molecule has 1 fully saturated rings. The summed E-state index contributed by atoms with van der Waals surface area (Å²) < 4.78 is 6.31. The van der Waals surface area contributed by atoms with Crippen LogP contribution < -0.4 is 4.90 Å². The van der Waals surface area contributed by atoms with Crippen molar-refractivity contribution in [3.8, 4) is 12.3 Å². The molecule has 0 aliphatic carbocycles. The molecule has 1 saturated heterocycles. The molecule has 2 heterocycles. The monoisotopic (exact) mass is 482 g/mol. The van der Waals surface area contributed by atoms with Crippen molar-refractivity contribution >= 4 is 29.5 Å². The number of anilines is 1. The lowest BCUT2D eigenvalue weighted by atomic mass is 9.74. The van der Waals surface area contributed by atoms with E-state index in [1.807, 2.05) is 37.3 Å². The highest BCUT2D eigenvalue weighted by atomic mass is 16.5. The van der Waals surface area contributed by atoms with Crippen LogP contribution in [-0.4, -0.2) is 39.4 Å². The molecule has 0 unspecified atom stereocenters. The Morgan fingerprint density at radius 2 is 1.86 bits per heavy atom. The Hall–Kier alpha value is -4.51. The molecule has 0 spiro atoms. The standard InChI is InChI=1S/C28H26N4O4/c1-4-15-28(17-22-18-31(30-29-22)19-25(33)36-5-2)24(16-21-13-11-20(3)12-14-21)26(34)32(27(28)35)23-9-7-6-8-10-23/h1,6-14,16,18H,5,15,17,19H2,2-3H3/b24-16-/t28-/m1/s1. The van der Waals surface area contributed by atoms with E-state index in [4.69, 9.17) is 11.2 Å². The molecular formula is C28H26N4O4. The zero-order valence-corrected chi connectivity index (χ0v) is 20.2. The maximum absolute atomic E-state index is 14.0. The van der Waals surface area contributed by atoms with E-state index in [1.54, 1.807) is 43.5 Å². The van der Waals surface area contributed by atoms with Gasteiger partial charge in [-0.1, -0.05) is 53.2 Å². The van der Waals surface area contributed by atoms with Crippen molar-refractivity contribution in [2.24, 2.45) is 5.41 Å². The fourth-order valence-corrected chi connectivity index (χ4v) is 4.31. The number of esters is 1. The molecule has 4 rings (SSSR count). The van der Waals surface area contributed by atoms with Gasteiger partial charge in [0.25, 0.3) is 5.91 Å². The minimum atomic E-state index is -1.35. The van der Waals surface area contributed by atoms with Gasteiger partial charge >= 0.3 is 5.97 Å². The van der Waals surface area contributed by atoms with Crippen molar-refractivity contribution in [2.75, 3.05) is 11.5 Å². The highest BCUT2D eigenvalue weighted by Crippen LogP contribution is 2.46. The van der Waals surface area contributed by atoms with Crippen LogP contribution in [0.1, 0.15) is 30.2 Å². The number of benzene rings is 2. The van der Waals surface area contributed by atoms with Gasteiger partial charge in [0.2, 0.25) is 5.91 Å². The second-order valence-electron chi connectivity index (χ2n) is 8.60. The number of rotatable bonds is 8. The second kappa shape index (κ2) is 10.4. The number of hydrogen-bond donors (Lipinski definition) is 0. The summed E-state index contributed by atoms with van der Waals surface area (Å²) in [6, 6.07) is 16.4. The van der Waals surface area contributed by atoms with Crippen molar-refractivity contribution in [3.05, 3.63) is 83.2 Å². The Morgan fingerprint density at radius 1 is 1.14 bits per heavy atom. The maximum atomic E-state index is 14.0. The van der Waals surface area contributed by atoms with E-state index in [0.717, 1.165) is 11.1 Å². The Morgan fingerprint density at radius 3 is 2.53 bits per heavy atom. The lowest BCUT2D eigenvalue weighted by Crippen LogP contribution is -2.37. The third kappa shape index (κ3) is 4.82. The van der Waals surface area contributed by atoms with Crippen LogP contribution in [0.4, 0.5) is 5.69 Å². The van der Waals surface area contributed by atoms with E-state index in [0.29, 0.717) is 11.4 Å². The van der Waals surface area contributed by atoms with Gasteiger partial charge in [-0.25, -0.2) is 9.58 Å². The normalized spacial score (nSPS) is 18.5. The van der Waals surface area contributed by atoms with Gasteiger partial charge in [0.05, 0.1) is 23.4 Å². The average molecular weight is 483 g/mol. The van der Waals surface area contributed by atoms with E-state index in [-0.39, 0.29) is 31.6 Å². The predicted molar refractivity (Wildman–Crippen MR) is 134 cm³/mol. The van der Waals surface area contributed by atoms with Crippen LogP contribution in [0.25, 0.3) is 6.08 Å². The fraction of sp³-hybridized carbons (Fsp3) is 0.250. The Labute approximate surface area is 209 Å². The van der Waals surface area contributed by atoms with Gasteiger partial charge in [-0.3, -0.25) is 14.4 Å². The van der Waals surface area contributed by atoms with Crippen LogP contribution in [0.5, 0.6) is 0 Å². The number of carbonyl (C=O) groups is 3. The maximum Gasteiger partial charge on any atom is 0.327 e. The average Bonchev–Trinajstić information content (AvgIpc) is 3.37. The molecule has 8 nitrogen and oxygen atoms in total. The highest BCUT2D eigenvalue weighted by Gasteiger charge is 2.56. The third-order valence-corrected chi connectivity index (χ3v) is 6.03. The number of aromatic nitrogens is 3. The van der Waals surface area contributed by atoms with Crippen molar-refractivity contribution < 1.29 is 19.1 Å². The summed E-state index contributed by atoms with van der Waals surface area (Å²) in [7, 11) is 0. The SMILES string of the molecule is C#CC[C@]1(Cc2cn(CC(=O)OCC)nn2)C(=O)N(c2ccccc2)C(=O)/C1=C/c1ccc(C)cc1. The van der Waals surface area contributed by atoms with Gasteiger partial charge < -0.3 is 4.74 Å². The van der Waals surface area contributed by atoms with E-state index in [2.05, 4.69) is 16.2 Å². The second-order valence-corrected chi connectivity index (χ2v) is 8.60. The van der Waals surface area contributed by atoms with Crippen LogP contribution in [0.2, 0.25) is 0 Å². The third-order valence-electron chi connectivity index (χ3n) is 6.03. The molecule has 1 aromatic heterocycles. The zero-order chi connectivity index (χ0) is 25.7. The molecule has 0 radical (unpaired) electrons. The summed E-state index contributed by atoms with van der Waals surface area (Å²) in [6.07, 6.45) is 9.09. The number of nitrogens with zero attached hydrogens (tertiary/aromatic N) is 4.